The third-order valence-corrected chi connectivity index (χ3v) is 3.51. The Labute approximate surface area is 96.9 Å². The molecule has 0 aliphatic heterocycles. The zero-order chi connectivity index (χ0) is 11.3. The molecule has 2 heteroatoms. The fourth-order valence-electron chi connectivity index (χ4n) is 1.68. The molecule has 1 atom stereocenters. The van der Waals surface area contributed by atoms with Gasteiger partial charge >= 0.3 is 0 Å². The number of hydrogen-bond donors (Lipinski definition) is 1. The SMILES string of the molecule is CCSc1ccc(C(CO)C(C)C)cc1. The van der Waals surface area contributed by atoms with E-state index in [-0.39, 0.29) is 12.5 Å². The van der Waals surface area contributed by atoms with Crippen LogP contribution in [0.5, 0.6) is 0 Å². The summed E-state index contributed by atoms with van der Waals surface area (Å²) >= 11 is 1.85. The second-order valence-corrected chi connectivity index (χ2v) is 5.37. The highest BCUT2D eigenvalue weighted by atomic mass is 32.2. The third kappa shape index (κ3) is 3.54. The number of hydrogen-bond acceptors (Lipinski definition) is 2. The highest BCUT2D eigenvalue weighted by molar-refractivity contribution is 7.99. The molecule has 1 unspecified atom stereocenters. The van der Waals surface area contributed by atoms with E-state index in [1.165, 1.54) is 10.5 Å². The van der Waals surface area contributed by atoms with E-state index in [0.717, 1.165) is 5.75 Å². The lowest BCUT2D eigenvalue weighted by molar-refractivity contribution is 0.237. The van der Waals surface area contributed by atoms with Crippen LogP contribution in [0.1, 0.15) is 32.3 Å². The van der Waals surface area contributed by atoms with Crippen LogP contribution >= 0.6 is 11.8 Å². The Balaban J connectivity index is 2.77. The van der Waals surface area contributed by atoms with E-state index < -0.39 is 0 Å². The molecular weight excluding hydrogens is 204 g/mol. The van der Waals surface area contributed by atoms with Gasteiger partial charge in [0.15, 0.2) is 0 Å². The minimum Gasteiger partial charge on any atom is -0.396 e. The molecule has 1 N–H and O–H groups in total. The quantitative estimate of drug-likeness (QED) is 0.772. The van der Waals surface area contributed by atoms with Crippen molar-refractivity contribution in [1.29, 1.82) is 0 Å². The number of benzene rings is 1. The Morgan fingerprint density at radius 2 is 1.80 bits per heavy atom. The molecule has 84 valence electrons. The highest BCUT2D eigenvalue weighted by Crippen LogP contribution is 2.26. The Hall–Kier alpha value is -0.470. The standard InChI is InChI=1S/C13H20OS/c1-4-15-12-7-5-11(6-8-12)13(9-14)10(2)3/h5-8,10,13-14H,4,9H2,1-3H3. The van der Waals surface area contributed by atoms with Gasteiger partial charge < -0.3 is 5.11 Å². The number of thioether (sulfide) groups is 1. The Morgan fingerprint density at radius 3 is 2.20 bits per heavy atom. The average Bonchev–Trinajstić information content (AvgIpc) is 2.21. The van der Waals surface area contributed by atoms with Crippen molar-refractivity contribution < 1.29 is 5.11 Å². The van der Waals surface area contributed by atoms with E-state index in [4.69, 9.17) is 0 Å². The van der Waals surface area contributed by atoms with Gasteiger partial charge in [0.05, 0.1) is 6.61 Å². The Kier molecular flexibility index (Phi) is 5.20. The highest BCUT2D eigenvalue weighted by Gasteiger charge is 2.14. The monoisotopic (exact) mass is 224 g/mol. The molecule has 1 nitrogen and oxygen atoms in total. The molecule has 1 aromatic rings. The Morgan fingerprint density at radius 1 is 1.20 bits per heavy atom. The molecule has 0 fully saturated rings. The van der Waals surface area contributed by atoms with Crippen LogP contribution < -0.4 is 0 Å². The zero-order valence-corrected chi connectivity index (χ0v) is 10.6. The van der Waals surface area contributed by atoms with Gasteiger partial charge in [-0.15, -0.1) is 11.8 Å². The third-order valence-electron chi connectivity index (χ3n) is 2.62. The largest absolute Gasteiger partial charge is 0.396 e. The molecule has 1 rings (SSSR count). The summed E-state index contributed by atoms with van der Waals surface area (Å²) in [5.74, 6) is 1.86. The number of aliphatic hydroxyl groups excluding tert-OH is 1. The van der Waals surface area contributed by atoms with Crippen molar-refractivity contribution in [2.75, 3.05) is 12.4 Å². The molecule has 0 bridgehead atoms. The first-order chi connectivity index (χ1) is 7.19. The van der Waals surface area contributed by atoms with E-state index in [1.54, 1.807) is 0 Å². The van der Waals surface area contributed by atoms with Gasteiger partial charge in [-0.25, -0.2) is 0 Å². The van der Waals surface area contributed by atoms with Gasteiger partial charge in [0.25, 0.3) is 0 Å². The van der Waals surface area contributed by atoms with Gasteiger partial charge in [-0.05, 0) is 29.4 Å². The molecule has 1 aromatic carbocycles. The number of rotatable bonds is 5. The van der Waals surface area contributed by atoms with Crippen molar-refractivity contribution in [3.05, 3.63) is 29.8 Å². The molecule has 0 spiro atoms. The average molecular weight is 224 g/mol. The van der Waals surface area contributed by atoms with Crippen molar-refractivity contribution >= 4 is 11.8 Å². The first-order valence-electron chi connectivity index (χ1n) is 5.52. The van der Waals surface area contributed by atoms with Crippen molar-refractivity contribution in [3.8, 4) is 0 Å². The van der Waals surface area contributed by atoms with Crippen molar-refractivity contribution in [2.24, 2.45) is 5.92 Å². The van der Waals surface area contributed by atoms with Crippen LogP contribution in [-0.2, 0) is 0 Å². The van der Waals surface area contributed by atoms with Crippen LogP contribution in [0.3, 0.4) is 0 Å². The molecule has 0 saturated carbocycles. The smallest absolute Gasteiger partial charge is 0.0502 e. The van der Waals surface area contributed by atoms with Crippen LogP contribution in [0.2, 0.25) is 0 Å². The molecule has 0 saturated heterocycles. The van der Waals surface area contributed by atoms with Crippen LogP contribution in [-0.4, -0.2) is 17.5 Å². The van der Waals surface area contributed by atoms with Crippen molar-refractivity contribution in [2.45, 2.75) is 31.6 Å². The molecule has 0 amide bonds. The summed E-state index contributed by atoms with van der Waals surface area (Å²) in [5, 5.41) is 9.32. The summed E-state index contributed by atoms with van der Waals surface area (Å²) in [7, 11) is 0. The van der Waals surface area contributed by atoms with Crippen LogP contribution in [0, 0.1) is 5.92 Å². The maximum atomic E-state index is 9.32. The molecule has 15 heavy (non-hydrogen) atoms. The molecule has 0 aromatic heterocycles. The topological polar surface area (TPSA) is 20.2 Å². The van der Waals surface area contributed by atoms with E-state index in [0.29, 0.717) is 5.92 Å². The van der Waals surface area contributed by atoms with E-state index in [9.17, 15) is 5.11 Å². The summed E-state index contributed by atoms with van der Waals surface area (Å²) in [6.45, 7) is 6.69. The van der Waals surface area contributed by atoms with Gasteiger partial charge in [-0.2, -0.15) is 0 Å². The maximum Gasteiger partial charge on any atom is 0.0502 e. The minimum absolute atomic E-state index is 0.234. The summed E-state index contributed by atoms with van der Waals surface area (Å²) in [6, 6.07) is 8.57. The van der Waals surface area contributed by atoms with Crippen molar-refractivity contribution in [3.63, 3.8) is 0 Å². The van der Waals surface area contributed by atoms with E-state index >= 15 is 0 Å². The molecular formula is C13H20OS. The van der Waals surface area contributed by atoms with E-state index in [2.05, 4.69) is 45.0 Å². The fourth-order valence-corrected chi connectivity index (χ4v) is 2.34. The second-order valence-electron chi connectivity index (χ2n) is 4.04. The lowest BCUT2D eigenvalue weighted by Crippen LogP contribution is -2.10. The minimum atomic E-state index is 0.234. The predicted octanol–water partition coefficient (Wildman–Crippen LogP) is 3.53. The lowest BCUT2D eigenvalue weighted by atomic mass is 9.89. The van der Waals surface area contributed by atoms with E-state index in [1.807, 2.05) is 11.8 Å². The molecule has 0 aliphatic carbocycles. The zero-order valence-electron chi connectivity index (χ0n) is 9.73. The summed E-state index contributed by atoms with van der Waals surface area (Å²) in [5.41, 5.74) is 1.24. The lowest BCUT2D eigenvalue weighted by Gasteiger charge is -2.18. The van der Waals surface area contributed by atoms with Gasteiger partial charge in [0, 0.05) is 10.8 Å². The van der Waals surface area contributed by atoms with Crippen LogP contribution in [0.25, 0.3) is 0 Å². The van der Waals surface area contributed by atoms with Crippen LogP contribution in [0.4, 0.5) is 0 Å². The maximum absolute atomic E-state index is 9.32. The molecule has 0 heterocycles. The number of aliphatic hydroxyl groups is 1. The summed E-state index contributed by atoms with van der Waals surface area (Å²) < 4.78 is 0. The summed E-state index contributed by atoms with van der Waals surface area (Å²) in [6.07, 6.45) is 0. The van der Waals surface area contributed by atoms with Gasteiger partial charge in [0.1, 0.15) is 0 Å². The Bertz CT molecular complexity index is 279. The molecule has 0 radical (unpaired) electrons. The molecule has 0 aliphatic rings. The van der Waals surface area contributed by atoms with Crippen molar-refractivity contribution in [1.82, 2.24) is 0 Å². The summed E-state index contributed by atoms with van der Waals surface area (Å²) in [4.78, 5) is 1.31. The fraction of sp³-hybridized carbons (Fsp3) is 0.538. The second kappa shape index (κ2) is 6.19. The van der Waals surface area contributed by atoms with Gasteiger partial charge in [0.2, 0.25) is 0 Å². The normalized spacial score (nSPS) is 13.1. The first-order valence-corrected chi connectivity index (χ1v) is 6.51. The first kappa shape index (κ1) is 12.6. The predicted molar refractivity (Wildman–Crippen MR) is 67.5 cm³/mol. The van der Waals surface area contributed by atoms with Gasteiger partial charge in [-0.3, -0.25) is 0 Å². The van der Waals surface area contributed by atoms with Crippen LogP contribution in [0.15, 0.2) is 29.2 Å². The van der Waals surface area contributed by atoms with Gasteiger partial charge in [-0.1, -0.05) is 32.9 Å².